The van der Waals surface area contributed by atoms with Crippen molar-refractivity contribution < 1.29 is 19.4 Å². The third kappa shape index (κ3) is 4.63. The molecule has 0 aromatic heterocycles. The van der Waals surface area contributed by atoms with Crippen molar-refractivity contribution in [2.75, 3.05) is 5.32 Å². The summed E-state index contributed by atoms with van der Waals surface area (Å²) in [6, 6.07) is 19.3. The quantitative estimate of drug-likeness (QED) is 0.612. The minimum atomic E-state index is -1.16. The second-order valence-electron chi connectivity index (χ2n) is 6.97. The van der Waals surface area contributed by atoms with E-state index in [2.05, 4.69) is 5.32 Å². The van der Waals surface area contributed by atoms with Crippen LogP contribution in [0.3, 0.4) is 0 Å². The average Bonchev–Trinajstić information content (AvgIpc) is 2.71. The Balaban J connectivity index is 1.91. The topological polar surface area (TPSA) is 75.6 Å². The molecular formula is C24H23NO4. The van der Waals surface area contributed by atoms with Gasteiger partial charge in [-0.1, -0.05) is 54.6 Å². The van der Waals surface area contributed by atoms with E-state index in [-0.39, 0.29) is 11.3 Å². The summed E-state index contributed by atoms with van der Waals surface area (Å²) in [7, 11) is 0. The number of rotatable bonds is 5. The van der Waals surface area contributed by atoms with E-state index in [0.717, 1.165) is 11.1 Å². The van der Waals surface area contributed by atoms with Crippen molar-refractivity contribution >= 4 is 17.6 Å². The number of carbonyl (C=O) groups excluding carboxylic acids is 2. The molecule has 148 valence electrons. The SMILES string of the molecule is Cc1ccc(C)c(NC(=O)[C@H](OC(=O)c2cccc(C)c2O)c2ccccc2)c1. The number of nitrogens with one attached hydrogen (secondary N) is 1. The van der Waals surface area contributed by atoms with E-state index in [4.69, 9.17) is 4.74 Å². The summed E-state index contributed by atoms with van der Waals surface area (Å²) in [4.78, 5) is 25.8. The van der Waals surface area contributed by atoms with Crippen LogP contribution in [-0.2, 0) is 9.53 Å². The Labute approximate surface area is 170 Å². The third-order valence-corrected chi connectivity index (χ3v) is 4.67. The summed E-state index contributed by atoms with van der Waals surface area (Å²) >= 11 is 0. The number of phenols is 1. The molecule has 29 heavy (non-hydrogen) atoms. The standard InChI is InChI=1S/C24H23NO4/c1-15-12-13-16(2)20(14-15)25-23(27)22(18-9-5-4-6-10-18)29-24(28)19-11-7-8-17(3)21(19)26/h4-14,22,26H,1-3H3,(H,25,27)/t22-/m1/s1. The van der Waals surface area contributed by atoms with Crippen LogP contribution in [0.5, 0.6) is 5.75 Å². The highest BCUT2D eigenvalue weighted by atomic mass is 16.5. The number of benzene rings is 3. The molecule has 0 radical (unpaired) electrons. The van der Waals surface area contributed by atoms with Crippen LogP contribution in [0.4, 0.5) is 5.69 Å². The molecule has 1 atom stereocenters. The minimum Gasteiger partial charge on any atom is -0.507 e. The number of anilines is 1. The van der Waals surface area contributed by atoms with Gasteiger partial charge in [0.15, 0.2) is 0 Å². The molecule has 0 aliphatic heterocycles. The number of ether oxygens (including phenoxy) is 1. The van der Waals surface area contributed by atoms with Gasteiger partial charge in [-0.15, -0.1) is 0 Å². The number of esters is 1. The van der Waals surface area contributed by atoms with Crippen LogP contribution in [-0.4, -0.2) is 17.0 Å². The van der Waals surface area contributed by atoms with Crippen molar-refractivity contribution in [3.05, 3.63) is 94.5 Å². The third-order valence-electron chi connectivity index (χ3n) is 4.67. The maximum absolute atomic E-state index is 13.0. The number of aryl methyl sites for hydroxylation is 3. The molecule has 3 aromatic rings. The van der Waals surface area contributed by atoms with Crippen molar-refractivity contribution in [2.24, 2.45) is 0 Å². The van der Waals surface area contributed by atoms with Crippen LogP contribution in [0.25, 0.3) is 0 Å². The Hall–Kier alpha value is -3.60. The lowest BCUT2D eigenvalue weighted by Gasteiger charge is -2.19. The number of phenolic OH excluding ortho intramolecular Hbond substituents is 1. The van der Waals surface area contributed by atoms with E-state index in [9.17, 15) is 14.7 Å². The molecule has 0 saturated carbocycles. The maximum Gasteiger partial charge on any atom is 0.343 e. The van der Waals surface area contributed by atoms with E-state index in [1.807, 2.05) is 38.1 Å². The van der Waals surface area contributed by atoms with Crippen molar-refractivity contribution in [3.8, 4) is 5.75 Å². The van der Waals surface area contributed by atoms with Crippen molar-refractivity contribution in [1.29, 1.82) is 0 Å². The molecule has 0 saturated heterocycles. The van der Waals surface area contributed by atoms with Gasteiger partial charge in [-0.25, -0.2) is 4.79 Å². The number of amides is 1. The first-order valence-corrected chi connectivity index (χ1v) is 9.29. The second kappa shape index (κ2) is 8.61. The van der Waals surface area contributed by atoms with Gasteiger partial charge in [0, 0.05) is 11.3 Å². The Morgan fingerprint density at radius 1 is 0.897 bits per heavy atom. The fourth-order valence-corrected chi connectivity index (χ4v) is 2.96. The van der Waals surface area contributed by atoms with E-state index in [0.29, 0.717) is 16.8 Å². The zero-order chi connectivity index (χ0) is 21.0. The molecule has 0 unspecified atom stereocenters. The van der Waals surface area contributed by atoms with Gasteiger partial charge in [-0.05, 0) is 49.6 Å². The highest BCUT2D eigenvalue weighted by Gasteiger charge is 2.27. The molecule has 0 bridgehead atoms. The maximum atomic E-state index is 13.0. The van der Waals surface area contributed by atoms with E-state index >= 15 is 0 Å². The molecule has 2 N–H and O–H groups in total. The van der Waals surface area contributed by atoms with Crippen molar-refractivity contribution in [3.63, 3.8) is 0 Å². The summed E-state index contributed by atoms with van der Waals surface area (Å²) in [6.45, 7) is 5.52. The van der Waals surface area contributed by atoms with Crippen molar-refractivity contribution in [1.82, 2.24) is 0 Å². The summed E-state index contributed by atoms with van der Waals surface area (Å²) < 4.78 is 5.55. The van der Waals surface area contributed by atoms with Crippen LogP contribution in [0.15, 0.2) is 66.7 Å². The molecule has 0 aliphatic rings. The first-order valence-electron chi connectivity index (χ1n) is 9.29. The van der Waals surface area contributed by atoms with Gasteiger partial charge in [-0.3, -0.25) is 4.79 Å². The summed E-state index contributed by atoms with van der Waals surface area (Å²) in [6.07, 6.45) is -1.16. The van der Waals surface area contributed by atoms with Gasteiger partial charge < -0.3 is 15.2 Å². The molecule has 0 spiro atoms. The van der Waals surface area contributed by atoms with Gasteiger partial charge in [0.25, 0.3) is 5.91 Å². The Morgan fingerprint density at radius 3 is 2.34 bits per heavy atom. The minimum absolute atomic E-state index is 0.0190. The number of aromatic hydroxyl groups is 1. The molecule has 0 heterocycles. The molecule has 5 nitrogen and oxygen atoms in total. The summed E-state index contributed by atoms with van der Waals surface area (Å²) in [5.41, 5.74) is 3.67. The molecule has 5 heteroatoms. The van der Waals surface area contributed by atoms with Crippen molar-refractivity contribution in [2.45, 2.75) is 26.9 Å². The number of carbonyl (C=O) groups is 2. The van der Waals surface area contributed by atoms with E-state index in [1.165, 1.54) is 6.07 Å². The molecular weight excluding hydrogens is 366 g/mol. The van der Waals surface area contributed by atoms with Crippen LogP contribution in [0.1, 0.15) is 38.7 Å². The highest BCUT2D eigenvalue weighted by molar-refractivity contribution is 5.99. The Morgan fingerprint density at radius 2 is 1.62 bits per heavy atom. The highest BCUT2D eigenvalue weighted by Crippen LogP contribution is 2.27. The molecule has 0 fully saturated rings. The lowest BCUT2D eigenvalue weighted by molar-refractivity contribution is -0.125. The monoisotopic (exact) mass is 389 g/mol. The molecule has 0 aliphatic carbocycles. The normalized spacial score (nSPS) is 11.6. The van der Waals surface area contributed by atoms with Gasteiger partial charge in [0.05, 0.1) is 0 Å². The van der Waals surface area contributed by atoms with Gasteiger partial charge in [0.2, 0.25) is 6.10 Å². The molecule has 3 aromatic carbocycles. The van der Waals surface area contributed by atoms with Crippen LogP contribution in [0.2, 0.25) is 0 Å². The predicted molar refractivity (Wildman–Crippen MR) is 112 cm³/mol. The first kappa shape index (κ1) is 20.1. The lowest BCUT2D eigenvalue weighted by atomic mass is 10.1. The average molecular weight is 389 g/mol. The van der Waals surface area contributed by atoms with Gasteiger partial charge in [0.1, 0.15) is 11.3 Å². The van der Waals surface area contributed by atoms with Gasteiger partial charge in [-0.2, -0.15) is 0 Å². The number of hydrogen-bond donors (Lipinski definition) is 2. The smallest absolute Gasteiger partial charge is 0.343 e. The van der Waals surface area contributed by atoms with Gasteiger partial charge >= 0.3 is 5.97 Å². The summed E-state index contributed by atoms with van der Waals surface area (Å²) in [5, 5.41) is 13.0. The number of hydrogen-bond acceptors (Lipinski definition) is 4. The lowest BCUT2D eigenvalue weighted by Crippen LogP contribution is -2.26. The predicted octanol–water partition coefficient (Wildman–Crippen LogP) is 4.85. The second-order valence-corrected chi connectivity index (χ2v) is 6.97. The zero-order valence-corrected chi connectivity index (χ0v) is 16.6. The number of para-hydroxylation sites is 1. The van der Waals surface area contributed by atoms with E-state index in [1.54, 1.807) is 43.3 Å². The fourth-order valence-electron chi connectivity index (χ4n) is 2.96. The first-order chi connectivity index (χ1) is 13.9. The zero-order valence-electron chi connectivity index (χ0n) is 16.6. The van der Waals surface area contributed by atoms with Crippen LogP contribution in [0, 0.1) is 20.8 Å². The molecule has 1 amide bonds. The Bertz CT molecular complexity index is 1040. The van der Waals surface area contributed by atoms with E-state index < -0.39 is 18.0 Å². The Kier molecular flexibility index (Phi) is 5.98. The van der Waals surface area contributed by atoms with Crippen LogP contribution >= 0.6 is 0 Å². The summed E-state index contributed by atoms with van der Waals surface area (Å²) in [5.74, 6) is -1.39. The fraction of sp³-hybridized carbons (Fsp3) is 0.167. The van der Waals surface area contributed by atoms with Crippen LogP contribution < -0.4 is 5.32 Å². The largest absolute Gasteiger partial charge is 0.507 e. The molecule has 3 rings (SSSR count).